The second kappa shape index (κ2) is 6.11. The van der Waals surface area contributed by atoms with Crippen LogP contribution in [0.15, 0.2) is 48.9 Å². The van der Waals surface area contributed by atoms with Crippen LogP contribution in [0.1, 0.15) is 30.1 Å². The predicted molar refractivity (Wildman–Crippen MR) is 78.8 cm³/mol. The van der Waals surface area contributed by atoms with Gasteiger partial charge in [-0.3, -0.25) is 4.90 Å². The molecule has 1 fully saturated rings. The van der Waals surface area contributed by atoms with Gasteiger partial charge in [-0.25, -0.2) is 9.97 Å². The third-order valence-corrected chi connectivity index (χ3v) is 3.92. The number of rotatable bonds is 3. The standard InChI is InChI=1S/C16H20N4/c17-14-7-4-10-20(11-13-5-2-1-3-6-13)16(14)15-8-9-18-12-19-15/h1-3,5-6,8-9,12,14,16H,4,7,10-11,17H2. The second-order valence-corrected chi connectivity index (χ2v) is 5.34. The smallest absolute Gasteiger partial charge is 0.115 e. The molecular weight excluding hydrogens is 248 g/mol. The molecule has 1 aliphatic heterocycles. The maximum atomic E-state index is 6.35. The van der Waals surface area contributed by atoms with Gasteiger partial charge in [0, 0.05) is 18.8 Å². The van der Waals surface area contributed by atoms with Crippen molar-refractivity contribution in [1.82, 2.24) is 14.9 Å². The van der Waals surface area contributed by atoms with Crippen molar-refractivity contribution in [2.75, 3.05) is 6.54 Å². The first-order valence-electron chi connectivity index (χ1n) is 7.14. The van der Waals surface area contributed by atoms with Gasteiger partial charge in [0.15, 0.2) is 0 Å². The van der Waals surface area contributed by atoms with Gasteiger partial charge in [-0.1, -0.05) is 30.3 Å². The normalized spacial score (nSPS) is 23.6. The number of piperidine rings is 1. The summed E-state index contributed by atoms with van der Waals surface area (Å²) < 4.78 is 0. The minimum atomic E-state index is 0.141. The fourth-order valence-electron chi connectivity index (χ4n) is 2.98. The van der Waals surface area contributed by atoms with Crippen LogP contribution in [0, 0.1) is 0 Å². The lowest BCUT2D eigenvalue weighted by Gasteiger charge is -2.39. The van der Waals surface area contributed by atoms with Gasteiger partial charge in [0.2, 0.25) is 0 Å². The van der Waals surface area contributed by atoms with E-state index in [1.165, 1.54) is 5.56 Å². The average Bonchev–Trinajstić information content (AvgIpc) is 2.49. The van der Waals surface area contributed by atoms with Crippen LogP contribution in [-0.4, -0.2) is 27.5 Å². The Labute approximate surface area is 119 Å². The molecule has 0 spiro atoms. The van der Waals surface area contributed by atoms with Crippen LogP contribution in [-0.2, 0) is 6.54 Å². The lowest BCUT2D eigenvalue weighted by molar-refractivity contribution is 0.117. The fourth-order valence-corrected chi connectivity index (χ4v) is 2.98. The molecule has 2 unspecified atom stereocenters. The van der Waals surface area contributed by atoms with Crippen LogP contribution in [0.2, 0.25) is 0 Å². The number of aromatic nitrogens is 2. The molecule has 1 aliphatic rings. The van der Waals surface area contributed by atoms with Gasteiger partial charge in [-0.2, -0.15) is 0 Å². The summed E-state index contributed by atoms with van der Waals surface area (Å²) in [6.07, 6.45) is 5.61. The largest absolute Gasteiger partial charge is 0.326 e. The minimum absolute atomic E-state index is 0.141. The van der Waals surface area contributed by atoms with E-state index in [0.29, 0.717) is 0 Å². The maximum Gasteiger partial charge on any atom is 0.115 e. The SMILES string of the molecule is NC1CCCN(Cc2ccccc2)C1c1ccncn1. The van der Waals surface area contributed by atoms with Crippen LogP contribution in [0.25, 0.3) is 0 Å². The van der Waals surface area contributed by atoms with E-state index in [1.807, 2.05) is 12.1 Å². The number of nitrogens with two attached hydrogens (primary N) is 1. The van der Waals surface area contributed by atoms with E-state index in [9.17, 15) is 0 Å². The topological polar surface area (TPSA) is 55.0 Å². The quantitative estimate of drug-likeness (QED) is 0.926. The molecule has 4 nitrogen and oxygen atoms in total. The average molecular weight is 268 g/mol. The summed E-state index contributed by atoms with van der Waals surface area (Å²) in [6.45, 7) is 1.99. The van der Waals surface area contributed by atoms with Crippen LogP contribution >= 0.6 is 0 Å². The Morgan fingerprint density at radius 1 is 1.20 bits per heavy atom. The number of hydrogen-bond donors (Lipinski definition) is 1. The Kier molecular flexibility index (Phi) is 4.04. The van der Waals surface area contributed by atoms with Crippen molar-refractivity contribution in [3.05, 3.63) is 60.2 Å². The number of likely N-dealkylation sites (tertiary alicyclic amines) is 1. The molecule has 2 atom stereocenters. The summed E-state index contributed by atoms with van der Waals surface area (Å²) in [4.78, 5) is 10.9. The minimum Gasteiger partial charge on any atom is -0.326 e. The van der Waals surface area contributed by atoms with Gasteiger partial charge in [-0.15, -0.1) is 0 Å². The van der Waals surface area contributed by atoms with E-state index in [4.69, 9.17) is 5.73 Å². The molecule has 2 N–H and O–H groups in total. The molecule has 1 aromatic carbocycles. The van der Waals surface area contributed by atoms with Gasteiger partial charge in [0.25, 0.3) is 0 Å². The first kappa shape index (κ1) is 13.2. The highest BCUT2D eigenvalue weighted by molar-refractivity contribution is 5.16. The first-order valence-corrected chi connectivity index (χ1v) is 7.14. The van der Waals surface area contributed by atoms with E-state index < -0.39 is 0 Å². The molecule has 1 saturated heterocycles. The van der Waals surface area contributed by atoms with Gasteiger partial charge in [0.05, 0.1) is 11.7 Å². The fraction of sp³-hybridized carbons (Fsp3) is 0.375. The summed E-state index contributed by atoms with van der Waals surface area (Å²) in [5.74, 6) is 0. The molecule has 3 rings (SSSR count). The lowest BCUT2D eigenvalue weighted by atomic mass is 9.93. The molecule has 20 heavy (non-hydrogen) atoms. The molecule has 1 aromatic heterocycles. The van der Waals surface area contributed by atoms with E-state index in [2.05, 4.69) is 39.1 Å². The third-order valence-electron chi connectivity index (χ3n) is 3.92. The monoisotopic (exact) mass is 268 g/mol. The lowest BCUT2D eigenvalue weighted by Crippen LogP contribution is -2.45. The summed E-state index contributed by atoms with van der Waals surface area (Å²) in [5, 5.41) is 0. The van der Waals surface area contributed by atoms with E-state index in [0.717, 1.165) is 31.6 Å². The third kappa shape index (κ3) is 2.86. The summed E-state index contributed by atoms with van der Waals surface area (Å²) in [5.41, 5.74) is 8.70. The number of benzene rings is 1. The zero-order valence-electron chi connectivity index (χ0n) is 11.5. The van der Waals surface area contributed by atoms with Gasteiger partial charge < -0.3 is 5.73 Å². The summed E-state index contributed by atoms with van der Waals surface area (Å²) >= 11 is 0. The molecule has 4 heteroatoms. The summed E-state index contributed by atoms with van der Waals surface area (Å²) in [6, 6.07) is 12.8. The van der Waals surface area contributed by atoms with Gasteiger partial charge in [0.1, 0.15) is 6.33 Å². The zero-order valence-corrected chi connectivity index (χ0v) is 11.5. The Morgan fingerprint density at radius 3 is 2.80 bits per heavy atom. The molecule has 0 aliphatic carbocycles. The molecule has 0 radical (unpaired) electrons. The van der Waals surface area contributed by atoms with Crippen molar-refractivity contribution in [2.45, 2.75) is 31.5 Å². The van der Waals surface area contributed by atoms with E-state index in [-0.39, 0.29) is 12.1 Å². The predicted octanol–water partition coefficient (Wildman–Crippen LogP) is 2.14. The van der Waals surface area contributed by atoms with E-state index in [1.54, 1.807) is 12.5 Å². The van der Waals surface area contributed by atoms with Crippen LogP contribution in [0.4, 0.5) is 0 Å². The Balaban J connectivity index is 1.83. The Bertz CT molecular complexity index is 529. The summed E-state index contributed by atoms with van der Waals surface area (Å²) in [7, 11) is 0. The van der Waals surface area contributed by atoms with E-state index >= 15 is 0 Å². The van der Waals surface area contributed by atoms with Crippen LogP contribution in [0.5, 0.6) is 0 Å². The molecule has 0 saturated carbocycles. The maximum absolute atomic E-state index is 6.35. The molecular formula is C16H20N4. The van der Waals surface area contributed by atoms with Crippen molar-refractivity contribution in [3.63, 3.8) is 0 Å². The van der Waals surface area contributed by atoms with Crippen molar-refractivity contribution >= 4 is 0 Å². The van der Waals surface area contributed by atoms with Crippen molar-refractivity contribution in [2.24, 2.45) is 5.73 Å². The van der Waals surface area contributed by atoms with Gasteiger partial charge in [-0.05, 0) is 31.0 Å². The first-order chi connectivity index (χ1) is 9.84. The Morgan fingerprint density at radius 2 is 2.05 bits per heavy atom. The highest BCUT2D eigenvalue weighted by atomic mass is 15.2. The van der Waals surface area contributed by atoms with Crippen LogP contribution in [0.3, 0.4) is 0 Å². The molecule has 0 bridgehead atoms. The van der Waals surface area contributed by atoms with Crippen molar-refractivity contribution < 1.29 is 0 Å². The van der Waals surface area contributed by atoms with Gasteiger partial charge >= 0.3 is 0 Å². The van der Waals surface area contributed by atoms with Crippen molar-refractivity contribution in [1.29, 1.82) is 0 Å². The highest BCUT2D eigenvalue weighted by Crippen LogP contribution is 2.30. The molecule has 2 heterocycles. The molecule has 2 aromatic rings. The van der Waals surface area contributed by atoms with Crippen LogP contribution < -0.4 is 5.73 Å². The zero-order chi connectivity index (χ0) is 13.8. The molecule has 0 amide bonds. The second-order valence-electron chi connectivity index (χ2n) is 5.34. The highest BCUT2D eigenvalue weighted by Gasteiger charge is 2.31. The number of hydrogen-bond acceptors (Lipinski definition) is 4. The Hall–Kier alpha value is -1.78. The number of nitrogens with zero attached hydrogens (tertiary/aromatic N) is 3. The van der Waals surface area contributed by atoms with Crippen molar-refractivity contribution in [3.8, 4) is 0 Å². The molecule has 104 valence electrons.